The highest BCUT2D eigenvalue weighted by molar-refractivity contribution is 7.90. The zero-order valence-corrected chi connectivity index (χ0v) is 11.1. The molecule has 0 aliphatic heterocycles. The van der Waals surface area contributed by atoms with Crippen molar-refractivity contribution >= 4 is 21.6 Å². The highest BCUT2D eigenvalue weighted by atomic mass is 35.5. The SMILES string of the molecule is Cc1ccc(S(=O)(=O)n2cc(Cl)cc2C)cc1. The van der Waals surface area contributed by atoms with Crippen molar-refractivity contribution in [2.24, 2.45) is 0 Å². The molecule has 0 fully saturated rings. The third kappa shape index (κ3) is 2.23. The summed E-state index contributed by atoms with van der Waals surface area (Å²) in [6.07, 6.45) is 1.41. The molecule has 5 heteroatoms. The molecule has 0 aliphatic rings. The number of rotatable bonds is 2. The van der Waals surface area contributed by atoms with Gasteiger partial charge in [-0.3, -0.25) is 0 Å². The first kappa shape index (κ1) is 12.2. The van der Waals surface area contributed by atoms with E-state index in [1.807, 2.05) is 6.92 Å². The minimum atomic E-state index is -3.53. The van der Waals surface area contributed by atoms with Crippen molar-refractivity contribution in [3.05, 3.63) is 52.8 Å². The molecule has 3 nitrogen and oxygen atoms in total. The summed E-state index contributed by atoms with van der Waals surface area (Å²) in [7, 11) is -3.53. The van der Waals surface area contributed by atoms with Crippen LogP contribution in [0.2, 0.25) is 5.02 Å². The van der Waals surface area contributed by atoms with E-state index in [-0.39, 0.29) is 4.90 Å². The van der Waals surface area contributed by atoms with Crippen LogP contribution in [0.15, 0.2) is 41.4 Å². The number of aromatic nitrogens is 1. The summed E-state index contributed by atoms with van der Waals surface area (Å²) in [4.78, 5) is 0.262. The molecule has 0 unspecified atom stereocenters. The number of hydrogen-bond acceptors (Lipinski definition) is 2. The van der Waals surface area contributed by atoms with E-state index in [0.717, 1.165) is 5.56 Å². The largest absolute Gasteiger partial charge is 0.267 e. The quantitative estimate of drug-likeness (QED) is 0.841. The van der Waals surface area contributed by atoms with Gasteiger partial charge in [0.2, 0.25) is 0 Å². The first-order valence-electron chi connectivity index (χ1n) is 5.08. The van der Waals surface area contributed by atoms with Gasteiger partial charge in [0.15, 0.2) is 0 Å². The van der Waals surface area contributed by atoms with Crippen LogP contribution in [-0.2, 0) is 10.0 Å². The first-order chi connectivity index (χ1) is 7.91. The van der Waals surface area contributed by atoms with Crippen LogP contribution in [0.5, 0.6) is 0 Å². The highest BCUT2D eigenvalue weighted by Gasteiger charge is 2.18. The van der Waals surface area contributed by atoms with Crippen LogP contribution in [0.4, 0.5) is 0 Å². The van der Waals surface area contributed by atoms with Gasteiger partial charge in [0.1, 0.15) is 0 Å². The summed E-state index contributed by atoms with van der Waals surface area (Å²) >= 11 is 5.80. The third-order valence-corrected chi connectivity index (χ3v) is 4.50. The van der Waals surface area contributed by atoms with Crippen molar-refractivity contribution in [2.45, 2.75) is 18.7 Å². The first-order valence-corrected chi connectivity index (χ1v) is 6.90. The fourth-order valence-electron chi connectivity index (χ4n) is 1.60. The van der Waals surface area contributed by atoms with Crippen LogP contribution in [-0.4, -0.2) is 12.4 Å². The van der Waals surface area contributed by atoms with E-state index >= 15 is 0 Å². The molecule has 1 aromatic heterocycles. The van der Waals surface area contributed by atoms with Gasteiger partial charge in [-0.2, -0.15) is 0 Å². The van der Waals surface area contributed by atoms with Gasteiger partial charge in [0.25, 0.3) is 10.0 Å². The summed E-state index contributed by atoms with van der Waals surface area (Å²) in [6, 6.07) is 8.35. The maximum Gasteiger partial charge on any atom is 0.267 e. The Labute approximate surface area is 106 Å². The van der Waals surface area contributed by atoms with E-state index in [4.69, 9.17) is 11.6 Å². The molecule has 0 saturated carbocycles. The average Bonchev–Trinajstić information content (AvgIpc) is 2.59. The van der Waals surface area contributed by atoms with E-state index in [9.17, 15) is 8.42 Å². The smallest absolute Gasteiger partial charge is 0.245 e. The summed E-state index contributed by atoms with van der Waals surface area (Å²) in [5.41, 5.74) is 1.61. The summed E-state index contributed by atoms with van der Waals surface area (Å²) < 4.78 is 25.8. The summed E-state index contributed by atoms with van der Waals surface area (Å²) in [5, 5.41) is 0.415. The fourth-order valence-corrected chi connectivity index (χ4v) is 3.30. The maximum absolute atomic E-state index is 12.3. The van der Waals surface area contributed by atoms with Crippen LogP contribution in [0.3, 0.4) is 0 Å². The second kappa shape index (κ2) is 4.20. The van der Waals surface area contributed by atoms with E-state index in [1.54, 1.807) is 37.3 Å². The molecule has 0 bridgehead atoms. The van der Waals surface area contributed by atoms with E-state index in [0.29, 0.717) is 10.7 Å². The van der Waals surface area contributed by atoms with Gasteiger partial charge in [0, 0.05) is 11.9 Å². The van der Waals surface area contributed by atoms with Crippen molar-refractivity contribution in [1.29, 1.82) is 0 Å². The van der Waals surface area contributed by atoms with Crippen LogP contribution < -0.4 is 0 Å². The molecular weight excluding hydrogens is 258 g/mol. The van der Waals surface area contributed by atoms with Gasteiger partial charge >= 0.3 is 0 Å². The van der Waals surface area contributed by atoms with Crippen LogP contribution in [0.25, 0.3) is 0 Å². The van der Waals surface area contributed by atoms with Gasteiger partial charge in [-0.25, -0.2) is 12.4 Å². The predicted octanol–water partition coefficient (Wildman–Crippen LogP) is 3.00. The molecule has 0 saturated heterocycles. The molecule has 0 amide bonds. The molecule has 2 aromatic rings. The highest BCUT2D eigenvalue weighted by Crippen LogP contribution is 2.20. The minimum absolute atomic E-state index is 0.262. The lowest BCUT2D eigenvalue weighted by Gasteiger charge is -2.08. The lowest BCUT2D eigenvalue weighted by molar-refractivity contribution is 0.586. The molecule has 90 valence electrons. The van der Waals surface area contributed by atoms with Gasteiger partial charge in [-0.1, -0.05) is 29.3 Å². The Morgan fingerprint density at radius 2 is 1.71 bits per heavy atom. The zero-order chi connectivity index (χ0) is 12.6. The Morgan fingerprint density at radius 1 is 1.12 bits per heavy atom. The molecule has 2 rings (SSSR count). The second-order valence-electron chi connectivity index (χ2n) is 3.91. The molecule has 0 atom stereocenters. The van der Waals surface area contributed by atoms with Crippen LogP contribution >= 0.6 is 11.6 Å². The summed E-state index contributed by atoms with van der Waals surface area (Å²) in [5.74, 6) is 0. The van der Waals surface area contributed by atoms with Gasteiger partial charge in [-0.15, -0.1) is 0 Å². The van der Waals surface area contributed by atoms with Gasteiger partial charge < -0.3 is 0 Å². The van der Waals surface area contributed by atoms with Crippen molar-refractivity contribution in [1.82, 2.24) is 3.97 Å². The number of benzene rings is 1. The van der Waals surface area contributed by atoms with E-state index in [2.05, 4.69) is 0 Å². The Morgan fingerprint density at radius 3 is 2.18 bits per heavy atom. The average molecular weight is 270 g/mol. The van der Waals surface area contributed by atoms with E-state index in [1.165, 1.54) is 10.2 Å². The molecule has 0 spiro atoms. The number of halogens is 1. The van der Waals surface area contributed by atoms with Crippen LogP contribution in [0, 0.1) is 13.8 Å². The Bertz CT molecular complexity index is 642. The number of aryl methyl sites for hydroxylation is 2. The second-order valence-corrected chi connectivity index (χ2v) is 6.16. The monoisotopic (exact) mass is 269 g/mol. The van der Waals surface area contributed by atoms with Crippen molar-refractivity contribution in [3.63, 3.8) is 0 Å². The lowest BCUT2D eigenvalue weighted by atomic mass is 10.2. The minimum Gasteiger partial charge on any atom is -0.245 e. The normalized spacial score (nSPS) is 11.7. The molecule has 1 aromatic carbocycles. The Hall–Kier alpha value is -1.26. The standard InChI is InChI=1S/C12H12ClNO2S/c1-9-3-5-12(6-4-9)17(15,16)14-8-11(13)7-10(14)2/h3-8H,1-2H3. The molecule has 0 N–H and O–H groups in total. The Balaban J connectivity index is 2.57. The van der Waals surface area contributed by atoms with E-state index < -0.39 is 10.0 Å². The van der Waals surface area contributed by atoms with Crippen molar-refractivity contribution < 1.29 is 8.42 Å². The van der Waals surface area contributed by atoms with Crippen molar-refractivity contribution in [2.75, 3.05) is 0 Å². The van der Waals surface area contributed by atoms with Gasteiger partial charge in [-0.05, 0) is 32.0 Å². The maximum atomic E-state index is 12.3. The van der Waals surface area contributed by atoms with Crippen LogP contribution in [0.1, 0.15) is 11.3 Å². The topological polar surface area (TPSA) is 39.1 Å². The number of hydrogen-bond donors (Lipinski definition) is 0. The Kier molecular flexibility index (Phi) is 3.02. The lowest BCUT2D eigenvalue weighted by Crippen LogP contribution is -2.13. The fraction of sp³-hybridized carbons (Fsp3) is 0.167. The molecule has 17 heavy (non-hydrogen) atoms. The molecule has 0 aliphatic carbocycles. The number of nitrogens with zero attached hydrogens (tertiary/aromatic N) is 1. The molecule has 0 radical (unpaired) electrons. The zero-order valence-electron chi connectivity index (χ0n) is 9.51. The van der Waals surface area contributed by atoms with Crippen molar-refractivity contribution in [3.8, 4) is 0 Å². The third-order valence-electron chi connectivity index (χ3n) is 2.51. The molecule has 1 heterocycles. The predicted molar refractivity (Wildman–Crippen MR) is 67.9 cm³/mol. The molecular formula is C12H12ClNO2S. The summed E-state index contributed by atoms with van der Waals surface area (Å²) in [6.45, 7) is 3.62. The van der Waals surface area contributed by atoms with Gasteiger partial charge in [0.05, 0.1) is 9.92 Å².